The van der Waals surface area contributed by atoms with E-state index >= 15 is 0 Å². The molecule has 0 aliphatic carbocycles. The van der Waals surface area contributed by atoms with Gasteiger partial charge in [-0.25, -0.2) is 0 Å². The van der Waals surface area contributed by atoms with Crippen LogP contribution in [0, 0.1) is 6.92 Å². The summed E-state index contributed by atoms with van der Waals surface area (Å²) in [5.41, 5.74) is 1.47. The average molecular weight is 235 g/mol. The highest BCUT2D eigenvalue weighted by atomic mass is 16.5. The van der Waals surface area contributed by atoms with Crippen molar-refractivity contribution in [2.75, 3.05) is 11.4 Å². The van der Waals surface area contributed by atoms with Crippen LogP contribution >= 0.6 is 0 Å². The molecule has 0 saturated heterocycles. The van der Waals surface area contributed by atoms with Gasteiger partial charge in [-0.2, -0.15) is 0 Å². The highest BCUT2D eigenvalue weighted by Crippen LogP contribution is 2.34. The third kappa shape index (κ3) is 2.08. The van der Waals surface area contributed by atoms with E-state index in [2.05, 4.69) is 0 Å². The number of ether oxygens (including phenoxy) is 1. The largest absolute Gasteiger partial charge is 0.480 e. The van der Waals surface area contributed by atoms with E-state index in [4.69, 9.17) is 9.84 Å². The van der Waals surface area contributed by atoms with Gasteiger partial charge in [-0.15, -0.1) is 0 Å². The van der Waals surface area contributed by atoms with Crippen molar-refractivity contribution in [3.8, 4) is 5.75 Å². The van der Waals surface area contributed by atoms with Gasteiger partial charge in [-0.3, -0.25) is 14.5 Å². The molecule has 1 N–H and O–H groups in total. The smallest absolute Gasteiger partial charge is 0.323 e. The quantitative estimate of drug-likeness (QED) is 0.836. The van der Waals surface area contributed by atoms with E-state index in [9.17, 15) is 9.59 Å². The van der Waals surface area contributed by atoms with E-state index in [1.165, 1.54) is 4.90 Å². The first-order chi connectivity index (χ1) is 7.99. The topological polar surface area (TPSA) is 66.8 Å². The van der Waals surface area contributed by atoms with Gasteiger partial charge in [-0.05, 0) is 31.5 Å². The molecule has 0 spiro atoms. The van der Waals surface area contributed by atoms with Crippen LogP contribution in [0.3, 0.4) is 0 Å². The maximum Gasteiger partial charge on any atom is 0.323 e. The summed E-state index contributed by atoms with van der Waals surface area (Å²) < 4.78 is 5.43. The third-order valence-electron chi connectivity index (χ3n) is 2.62. The lowest BCUT2D eigenvalue weighted by Crippen LogP contribution is -2.46. The molecule has 5 heteroatoms. The average Bonchev–Trinajstić information content (AvgIpc) is 2.25. The summed E-state index contributed by atoms with van der Waals surface area (Å²) in [6.07, 6.45) is -0.649. The fourth-order valence-electron chi connectivity index (χ4n) is 1.82. The Kier molecular flexibility index (Phi) is 2.75. The van der Waals surface area contributed by atoms with Crippen molar-refractivity contribution in [2.24, 2.45) is 0 Å². The lowest BCUT2D eigenvalue weighted by Gasteiger charge is -2.32. The van der Waals surface area contributed by atoms with Crippen LogP contribution in [0.2, 0.25) is 0 Å². The molecule has 0 fully saturated rings. The van der Waals surface area contributed by atoms with Crippen molar-refractivity contribution in [2.45, 2.75) is 20.0 Å². The van der Waals surface area contributed by atoms with Gasteiger partial charge >= 0.3 is 5.97 Å². The Morgan fingerprint density at radius 3 is 2.88 bits per heavy atom. The highest BCUT2D eigenvalue weighted by Gasteiger charge is 2.32. The van der Waals surface area contributed by atoms with Crippen molar-refractivity contribution >= 4 is 17.6 Å². The maximum absolute atomic E-state index is 11.9. The van der Waals surface area contributed by atoms with Crippen LogP contribution in [0.15, 0.2) is 18.2 Å². The molecule has 0 radical (unpaired) electrons. The van der Waals surface area contributed by atoms with Gasteiger partial charge in [0.1, 0.15) is 12.3 Å². The van der Waals surface area contributed by atoms with Crippen LogP contribution in [0.4, 0.5) is 5.69 Å². The molecule has 1 amide bonds. The van der Waals surface area contributed by atoms with Crippen LogP contribution in [-0.4, -0.2) is 29.6 Å². The molecule has 5 nitrogen and oxygen atoms in total. The lowest BCUT2D eigenvalue weighted by molar-refractivity contribution is -0.137. The van der Waals surface area contributed by atoms with Gasteiger partial charge < -0.3 is 9.84 Å². The molecule has 17 heavy (non-hydrogen) atoms. The Bertz CT molecular complexity index is 483. The zero-order valence-corrected chi connectivity index (χ0v) is 9.64. The van der Waals surface area contributed by atoms with Crippen molar-refractivity contribution in [1.29, 1.82) is 0 Å². The number of amides is 1. The molecule has 1 aromatic rings. The zero-order chi connectivity index (χ0) is 12.6. The molecular formula is C12H13NO4. The second-order valence-electron chi connectivity index (χ2n) is 4.05. The normalized spacial score (nSPS) is 18.6. The van der Waals surface area contributed by atoms with E-state index in [-0.39, 0.29) is 12.5 Å². The molecule has 0 aromatic heterocycles. The van der Waals surface area contributed by atoms with E-state index in [0.29, 0.717) is 11.4 Å². The van der Waals surface area contributed by atoms with Gasteiger partial charge in [0.15, 0.2) is 6.10 Å². The number of carbonyl (C=O) groups excluding carboxylic acids is 1. The van der Waals surface area contributed by atoms with Crippen molar-refractivity contribution in [3.05, 3.63) is 23.8 Å². The van der Waals surface area contributed by atoms with Crippen LogP contribution in [0.1, 0.15) is 12.5 Å². The molecule has 1 aliphatic rings. The number of nitrogens with zero attached hydrogens (tertiary/aromatic N) is 1. The standard InChI is InChI=1S/C12H13NO4/c1-7-3-4-10-9(5-7)13(6-11(14)15)12(16)8(2)17-10/h3-5,8H,6H2,1-2H3,(H,14,15)/t8-/m1/s1. The number of benzene rings is 1. The van der Waals surface area contributed by atoms with Crippen molar-refractivity contribution < 1.29 is 19.4 Å². The number of carbonyl (C=O) groups is 2. The molecule has 2 rings (SSSR count). The number of hydrogen-bond acceptors (Lipinski definition) is 3. The number of aryl methyl sites for hydroxylation is 1. The number of fused-ring (bicyclic) bond motifs is 1. The summed E-state index contributed by atoms with van der Waals surface area (Å²) in [4.78, 5) is 23.9. The first kappa shape index (κ1) is 11.4. The Morgan fingerprint density at radius 1 is 1.53 bits per heavy atom. The Balaban J connectivity index is 2.46. The Labute approximate surface area is 98.6 Å². The Hall–Kier alpha value is -2.04. The summed E-state index contributed by atoms with van der Waals surface area (Å²) in [6.45, 7) is 3.14. The molecule has 0 unspecified atom stereocenters. The Morgan fingerprint density at radius 2 is 2.24 bits per heavy atom. The van der Waals surface area contributed by atoms with Crippen LogP contribution in [0.25, 0.3) is 0 Å². The van der Waals surface area contributed by atoms with Gasteiger partial charge in [0.25, 0.3) is 5.91 Å². The summed E-state index contributed by atoms with van der Waals surface area (Å²) >= 11 is 0. The predicted molar refractivity (Wildman–Crippen MR) is 61.3 cm³/mol. The first-order valence-corrected chi connectivity index (χ1v) is 5.29. The number of rotatable bonds is 2. The summed E-state index contributed by atoms with van der Waals surface area (Å²) in [7, 11) is 0. The molecule has 1 heterocycles. The summed E-state index contributed by atoms with van der Waals surface area (Å²) in [6, 6.07) is 5.37. The predicted octanol–water partition coefficient (Wildman–Crippen LogP) is 1.19. The van der Waals surface area contributed by atoms with Crippen LogP contribution in [0.5, 0.6) is 5.75 Å². The number of aliphatic carboxylic acids is 1. The number of carboxylic acids is 1. The van der Waals surface area contributed by atoms with E-state index < -0.39 is 12.1 Å². The van der Waals surface area contributed by atoms with Gasteiger partial charge in [0, 0.05) is 0 Å². The van der Waals surface area contributed by atoms with E-state index in [1.807, 2.05) is 13.0 Å². The molecule has 0 bridgehead atoms. The van der Waals surface area contributed by atoms with Crippen molar-refractivity contribution in [1.82, 2.24) is 0 Å². The summed E-state index contributed by atoms with van der Waals surface area (Å²) in [5, 5.41) is 8.83. The van der Waals surface area contributed by atoms with Gasteiger partial charge in [-0.1, -0.05) is 6.07 Å². The third-order valence-corrected chi connectivity index (χ3v) is 2.62. The number of carboxylic acid groups (broad SMARTS) is 1. The zero-order valence-electron chi connectivity index (χ0n) is 9.64. The van der Waals surface area contributed by atoms with Gasteiger partial charge in [0.05, 0.1) is 5.69 Å². The minimum absolute atomic E-state index is 0.328. The minimum atomic E-state index is -1.04. The highest BCUT2D eigenvalue weighted by molar-refractivity contribution is 6.02. The minimum Gasteiger partial charge on any atom is -0.480 e. The molecule has 90 valence electrons. The van der Waals surface area contributed by atoms with Gasteiger partial charge in [0.2, 0.25) is 0 Å². The summed E-state index contributed by atoms with van der Waals surface area (Å²) in [5.74, 6) is -0.825. The molecule has 1 atom stereocenters. The second kappa shape index (κ2) is 4.08. The van der Waals surface area contributed by atoms with Crippen LogP contribution < -0.4 is 9.64 Å². The monoisotopic (exact) mass is 235 g/mol. The molecule has 1 aliphatic heterocycles. The fraction of sp³-hybridized carbons (Fsp3) is 0.333. The fourth-order valence-corrected chi connectivity index (χ4v) is 1.82. The van der Waals surface area contributed by atoms with E-state index in [1.54, 1.807) is 19.1 Å². The molecular weight excluding hydrogens is 222 g/mol. The second-order valence-corrected chi connectivity index (χ2v) is 4.05. The lowest BCUT2D eigenvalue weighted by atomic mass is 10.1. The first-order valence-electron chi connectivity index (χ1n) is 5.29. The van der Waals surface area contributed by atoms with Crippen LogP contribution in [-0.2, 0) is 9.59 Å². The molecule has 0 saturated carbocycles. The maximum atomic E-state index is 11.9. The molecule has 1 aromatic carbocycles. The van der Waals surface area contributed by atoms with Crippen molar-refractivity contribution in [3.63, 3.8) is 0 Å². The van der Waals surface area contributed by atoms with E-state index in [0.717, 1.165) is 5.56 Å². The number of anilines is 1. The number of hydrogen-bond donors (Lipinski definition) is 1. The SMILES string of the molecule is Cc1ccc2c(c1)N(CC(=O)O)C(=O)[C@@H](C)O2.